The number of pyridine rings is 1. The van der Waals surface area contributed by atoms with Crippen LogP contribution in [0.2, 0.25) is 0 Å². The minimum absolute atomic E-state index is 0.103. The van der Waals surface area contributed by atoms with Gasteiger partial charge in [-0.3, -0.25) is 19.5 Å². The molecule has 2 aliphatic heterocycles. The van der Waals surface area contributed by atoms with E-state index in [-0.39, 0.29) is 17.1 Å². The maximum absolute atomic E-state index is 14.8. The third kappa shape index (κ3) is 8.58. The van der Waals surface area contributed by atoms with Gasteiger partial charge >= 0.3 is 5.97 Å². The van der Waals surface area contributed by atoms with Gasteiger partial charge in [0.1, 0.15) is 40.5 Å². The molecule has 0 spiro atoms. The summed E-state index contributed by atoms with van der Waals surface area (Å²) in [5.74, 6) is -1.50. The van der Waals surface area contributed by atoms with Crippen LogP contribution >= 0.6 is 34.4 Å². The molecular weight excluding hydrogens is 911 g/mol. The Morgan fingerprint density at radius 3 is 1.90 bits per heavy atom. The van der Waals surface area contributed by atoms with Crippen molar-refractivity contribution in [2.45, 2.75) is 23.1 Å². The number of rotatable bonds is 15. The lowest BCUT2D eigenvalue weighted by Crippen LogP contribution is -2.71. The molecule has 336 valence electrons. The van der Waals surface area contributed by atoms with E-state index in [1.165, 1.54) is 46.4 Å². The van der Waals surface area contributed by atoms with Crippen LogP contribution in [0.1, 0.15) is 44.5 Å². The van der Waals surface area contributed by atoms with Gasteiger partial charge < -0.3 is 20.2 Å². The number of hydrogen-bond acceptors (Lipinski definition) is 13. The van der Waals surface area contributed by atoms with E-state index in [0.29, 0.717) is 21.3 Å². The van der Waals surface area contributed by atoms with Crippen LogP contribution in [0.5, 0.6) is 0 Å². The van der Waals surface area contributed by atoms with Crippen molar-refractivity contribution in [3.8, 4) is 10.6 Å². The Hall–Kier alpha value is -7.72. The summed E-state index contributed by atoms with van der Waals surface area (Å²) in [5.41, 5.74) is 5.32. The predicted molar refractivity (Wildman–Crippen MR) is 267 cm³/mol. The van der Waals surface area contributed by atoms with Crippen molar-refractivity contribution < 1.29 is 24.0 Å². The lowest BCUT2D eigenvalue weighted by atomic mass is 9.77. The monoisotopic (exact) mass is 951 g/mol. The van der Waals surface area contributed by atoms with Crippen molar-refractivity contribution in [2.24, 2.45) is 5.16 Å². The van der Waals surface area contributed by atoms with Crippen LogP contribution in [0.15, 0.2) is 199 Å². The number of oxime groups is 1. The molecule has 1 saturated heterocycles. The molecule has 15 heteroatoms. The lowest BCUT2D eigenvalue weighted by molar-refractivity contribution is -0.154. The van der Waals surface area contributed by atoms with Gasteiger partial charge in [-0.1, -0.05) is 157 Å². The molecule has 2 atom stereocenters. The topological polar surface area (TPSA) is 148 Å². The molecule has 0 saturated carbocycles. The van der Waals surface area contributed by atoms with E-state index >= 15 is 0 Å². The number of nitrogens with one attached hydrogen (secondary N) is 2. The van der Waals surface area contributed by atoms with E-state index in [1.807, 2.05) is 127 Å². The van der Waals surface area contributed by atoms with Gasteiger partial charge in [0, 0.05) is 40.9 Å². The largest absolute Gasteiger partial charge is 0.448 e. The lowest BCUT2D eigenvalue weighted by Gasteiger charge is -2.49. The second-order valence-electron chi connectivity index (χ2n) is 15.7. The fourth-order valence-corrected chi connectivity index (χ4v) is 11.6. The van der Waals surface area contributed by atoms with Gasteiger partial charge in [-0.2, -0.15) is 0 Å². The number of aromatic nitrogens is 3. The van der Waals surface area contributed by atoms with E-state index in [0.717, 1.165) is 38.4 Å². The van der Waals surface area contributed by atoms with E-state index in [9.17, 15) is 14.4 Å². The third-order valence-electron chi connectivity index (χ3n) is 11.7. The number of carbonyl (C=O) groups is 3. The van der Waals surface area contributed by atoms with Crippen LogP contribution in [0.25, 0.3) is 16.1 Å². The number of amides is 2. The molecule has 12 nitrogen and oxygen atoms in total. The zero-order valence-corrected chi connectivity index (χ0v) is 38.8. The standard InChI is InChI=1S/C53H41N7O5S3/c1-64-59-43(41-33-67-52(56-41)58-53(37-21-11-4-12-22-37,38-23-13-5-14-24-38)39-25-15-6-16-26-39)47(61)57-44-49(62)60-45(51(63)65-46(34-17-7-2-8-18-34)35-19-9-3-10-20-35)40(32-66-50(44)60)42-31-55-48(68-42)36-27-29-54-30-28-36/h2-31,33,44,46,50H,32H2,1H3,(H,56,58)(H,57,61). The summed E-state index contributed by atoms with van der Waals surface area (Å²) in [7, 11) is 1.35. The van der Waals surface area contributed by atoms with E-state index in [1.54, 1.807) is 24.0 Å². The molecule has 5 aromatic carbocycles. The minimum atomic E-state index is -1.01. The van der Waals surface area contributed by atoms with Crippen molar-refractivity contribution >= 4 is 68.6 Å². The summed E-state index contributed by atoms with van der Waals surface area (Å²) in [5, 5.41) is 13.1. The van der Waals surface area contributed by atoms with Crippen LogP contribution in [0, 0.1) is 0 Å². The van der Waals surface area contributed by atoms with Crippen molar-refractivity contribution in [1.82, 2.24) is 25.2 Å². The Bertz CT molecular complexity index is 2980. The highest BCUT2D eigenvalue weighted by atomic mass is 32.2. The van der Waals surface area contributed by atoms with E-state index in [4.69, 9.17) is 14.6 Å². The van der Waals surface area contributed by atoms with Crippen LogP contribution in [0.4, 0.5) is 5.13 Å². The highest BCUT2D eigenvalue weighted by molar-refractivity contribution is 8.00. The molecule has 2 N–H and O–H groups in total. The Morgan fingerprint density at radius 1 is 0.779 bits per heavy atom. The van der Waals surface area contributed by atoms with E-state index < -0.39 is 40.8 Å². The van der Waals surface area contributed by atoms with Crippen LogP contribution < -0.4 is 10.6 Å². The Kier molecular flexibility index (Phi) is 12.7. The number of carbonyl (C=O) groups excluding carboxylic acids is 3. The SMILES string of the molecule is CON=C(C(=O)NC1C(=O)N2C(C(=O)OC(c3ccccc3)c3ccccc3)=C(c3cnc(-c4ccncc4)s3)CSC12)c1csc(NC(c2ccccc2)(c2ccccc2)c2ccccc2)n1. The number of thioether (sulfide) groups is 1. The van der Waals surface area contributed by atoms with E-state index in [2.05, 4.69) is 62.2 Å². The molecule has 2 amide bonds. The number of fused-ring (bicyclic) bond motifs is 1. The van der Waals surface area contributed by atoms with Gasteiger partial charge in [-0.15, -0.1) is 34.4 Å². The number of ether oxygens (including phenoxy) is 1. The highest BCUT2D eigenvalue weighted by Crippen LogP contribution is 2.46. The zero-order chi connectivity index (χ0) is 46.5. The maximum Gasteiger partial charge on any atom is 0.356 e. The van der Waals surface area contributed by atoms with Gasteiger partial charge in [0.25, 0.3) is 11.8 Å². The smallest absolute Gasteiger partial charge is 0.356 e. The van der Waals surface area contributed by atoms with Gasteiger partial charge in [0.2, 0.25) is 0 Å². The number of esters is 1. The second kappa shape index (κ2) is 19.6. The fraction of sp³-hybridized carbons (Fsp3) is 0.113. The molecule has 68 heavy (non-hydrogen) atoms. The summed E-state index contributed by atoms with van der Waals surface area (Å²) >= 11 is 4.15. The molecule has 0 radical (unpaired) electrons. The Morgan fingerprint density at radius 2 is 1.34 bits per heavy atom. The quantitative estimate of drug-likeness (QED) is 0.0335. The summed E-state index contributed by atoms with van der Waals surface area (Å²) in [6.45, 7) is 0. The first kappa shape index (κ1) is 44.1. The van der Waals surface area contributed by atoms with Gasteiger partial charge in [-0.05, 0) is 39.9 Å². The van der Waals surface area contributed by atoms with Crippen molar-refractivity contribution in [3.63, 3.8) is 0 Å². The van der Waals surface area contributed by atoms with Crippen LogP contribution in [0.3, 0.4) is 0 Å². The van der Waals surface area contributed by atoms with Gasteiger partial charge in [-0.25, -0.2) is 14.8 Å². The molecule has 0 aliphatic carbocycles. The molecule has 8 aromatic rings. The number of anilines is 1. The summed E-state index contributed by atoms with van der Waals surface area (Å²) in [4.78, 5) is 64.7. The first-order valence-corrected chi connectivity index (χ1v) is 24.4. The average molecular weight is 952 g/mol. The fourth-order valence-electron chi connectivity index (χ4n) is 8.47. The molecule has 5 heterocycles. The maximum atomic E-state index is 14.8. The zero-order valence-electron chi connectivity index (χ0n) is 36.3. The van der Waals surface area contributed by atoms with Gasteiger partial charge in [0.15, 0.2) is 16.9 Å². The number of nitrogens with zero attached hydrogens (tertiary/aromatic N) is 5. The van der Waals surface area contributed by atoms with Crippen LogP contribution in [-0.4, -0.2) is 67.6 Å². The number of thiazole rings is 2. The third-order valence-corrected chi connectivity index (χ3v) is 14.8. The minimum Gasteiger partial charge on any atom is -0.448 e. The predicted octanol–water partition coefficient (Wildman–Crippen LogP) is 9.56. The van der Waals surface area contributed by atoms with Crippen LogP contribution in [-0.2, 0) is 29.5 Å². The second-order valence-corrected chi connectivity index (χ2v) is 18.7. The molecular formula is C53H41N7O5S3. The van der Waals surface area contributed by atoms with Crippen molar-refractivity contribution in [3.05, 3.63) is 232 Å². The molecule has 3 aromatic heterocycles. The van der Waals surface area contributed by atoms with Gasteiger partial charge in [0.05, 0.1) is 4.88 Å². The summed E-state index contributed by atoms with van der Waals surface area (Å²) in [6, 6.07) is 52.0. The first-order valence-electron chi connectivity index (χ1n) is 21.6. The molecule has 2 aliphatic rings. The number of β-lactam (4-membered cyclic amide) rings is 1. The highest BCUT2D eigenvalue weighted by Gasteiger charge is 2.55. The number of hydrogen-bond donors (Lipinski definition) is 2. The number of benzene rings is 5. The van der Waals surface area contributed by atoms with Crippen molar-refractivity contribution in [2.75, 3.05) is 18.2 Å². The van der Waals surface area contributed by atoms with Crippen molar-refractivity contribution in [1.29, 1.82) is 0 Å². The molecule has 10 rings (SSSR count). The average Bonchev–Trinajstić information content (AvgIpc) is 4.10. The summed E-state index contributed by atoms with van der Waals surface area (Å²) in [6.07, 6.45) is 4.34. The Balaban J connectivity index is 0.946. The molecule has 2 unspecified atom stereocenters. The Labute approximate surface area is 404 Å². The molecule has 0 bridgehead atoms. The normalized spacial score (nSPS) is 15.9. The molecule has 1 fully saturated rings. The summed E-state index contributed by atoms with van der Waals surface area (Å²) < 4.78 is 6.41. The first-order chi connectivity index (χ1) is 33.4.